The summed E-state index contributed by atoms with van der Waals surface area (Å²) in [5, 5.41) is 23.1. The number of hydrogen-bond acceptors (Lipinski definition) is 3. The molecular weight excluding hydrogens is 304 g/mol. The zero-order valence-electron chi connectivity index (χ0n) is 12.4. The lowest BCUT2D eigenvalue weighted by molar-refractivity contribution is 0.130. The fourth-order valence-corrected chi connectivity index (χ4v) is 3.16. The SMILES string of the molecule is Cl.O=C(O)N1C[C@@H](O)[C@H](CNC2CC2)C1Cc1ccccc1. The van der Waals surface area contributed by atoms with E-state index in [1.165, 1.54) is 17.7 Å². The van der Waals surface area contributed by atoms with Crippen molar-refractivity contribution < 1.29 is 15.0 Å². The van der Waals surface area contributed by atoms with Crippen LogP contribution < -0.4 is 5.32 Å². The standard InChI is InChI=1S/C16H22N2O3.ClH/c19-15-10-18(16(20)21)14(8-11-4-2-1-3-5-11)13(15)9-17-12-6-7-12;/h1-5,12-15,17,19H,6-10H2,(H,20,21);1H/t13-,14?,15-;/m1./s1. The Morgan fingerprint density at radius 3 is 2.55 bits per heavy atom. The van der Waals surface area contributed by atoms with E-state index in [1.54, 1.807) is 0 Å². The van der Waals surface area contributed by atoms with Crippen molar-refractivity contribution in [3.05, 3.63) is 35.9 Å². The Morgan fingerprint density at radius 2 is 1.95 bits per heavy atom. The van der Waals surface area contributed by atoms with Crippen LogP contribution in [0.25, 0.3) is 0 Å². The van der Waals surface area contributed by atoms with Gasteiger partial charge >= 0.3 is 6.09 Å². The molecule has 3 N–H and O–H groups in total. The second-order valence-electron chi connectivity index (χ2n) is 6.11. The molecule has 1 unspecified atom stereocenters. The summed E-state index contributed by atoms with van der Waals surface area (Å²) in [5.74, 6) is -0.0399. The van der Waals surface area contributed by atoms with Gasteiger partial charge in [-0.1, -0.05) is 30.3 Å². The minimum atomic E-state index is -0.941. The van der Waals surface area contributed by atoms with E-state index in [1.807, 2.05) is 30.3 Å². The number of nitrogens with one attached hydrogen (secondary N) is 1. The Labute approximate surface area is 136 Å². The predicted octanol–water partition coefficient (Wildman–Crippen LogP) is 1.74. The molecule has 1 saturated heterocycles. The van der Waals surface area contributed by atoms with Crippen molar-refractivity contribution >= 4 is 18.5 Å². The van der Waals surface area contributed by atoms with Gasteiger partial charge in [0.1, 0.15) is 0 Å². The molecule has 1 amide bonds. The van der Waals surface area contributed by atoms with Crippen LogP contribution in [0.4, 0.5) is 4.79 Å². The third-order valence-electron chi connectivity index (χ3n) is 4.53. The molecule has 1 aromatic rings. The van der Waals surface area contributed by atoms with E-state index >= 15 is 0 Å². The molecule has 3 rings (SSSR count). The highest BCUT2D eigenvalue weighted by atomic mass is 35.5. The fraction of sp³-hybridized carbons (Fsp3) is 0.562. The number of nitrogens with zero attached hydrogens (tertiary/aromatic N) is 1. The van der Waals surface area contributed by atoms with Crippen LogP contribution >= 0.6 is 12.4 Å². The lowest BCUT2D eigenvalue weighted by Crippen LogP contribution is -2.42. The first kappa shape index (κ1) is 17.1. The minimum absolute atomic E-state index is 0. The monoisotopic (exact) mass is 326 g/mol. The summed E-state index contributed by atoms with van der Waals surface area (Å²) < 4.78 is 0. The molecule has 2 fully saturated rings. The van der Waals surface area contributed by atoms with Gasteiger partial charge in [0.15, 0.2) is 0 Å². The maximum atomic E-state index is 11.4. The average Bonchev–Trinajstić information content (AvgIpc) is 3.24. The molecule has 1 aliphatic heterocycles. The van der Waals surface area contributed by atoms with Crippen molar-refractivity contribution in [2.24, 2.45) is 5.92 Å². The zero-order chi connectivity index (χ0) is 14.8. The molecule has 5 nitrogen and oxygen atoms in total. The number of β-amino-alcohol motifs (C(OH)–C–C–N with tert-alkyl or cyclic N) is 1. The van der Waals surface area contributed by atoms with Crippen molar-refractivity contribution in [3.63, 3.8) is 0 Å². The van der Waals surface area contributed by atoms with Gasteiger partial charge < -0.3 is 20.4 Å². The molecule has 0 spiro atoms. The zero-order valence-corrected chi connectivity index (χ0v) is 13.2. The summed E-state index contributed by atoms with van der Waals surface area (Å²) in [4.78, 5) is 12.8. The smallest absolute Gasteiger partial charge is 0.407 e. The van der Waals surface area contributed by atoms with Crippen molar-refractivity contribution in [2.45, 2.75) is 37.5 Å². The lowest BCUT2D eigenvalue weighted by Gasteiger charge is -2.26. The average molecular weight is 327 g/mol. The molecule has 1 aromatic carbocycles. The highest BCUT2D eigenvalue weighted by Crippen LogP contribution is 2.29. The van der Waals surface area contributed by atoms with E-state index in [9.17, 15) is 15.0 Å². The fourth-order valence-electron chi connectivity index (χ4n) is 3.16. The molecular formula is C16H23ClN2O3. The molecule has 1 aliphatic carbocycles. The Bertz CT molecular complexity index is 495. The van der Waals surface area contributed by atoms with Crippen LogP contribution in [-0.4, -0.2) is 52.5 Å². The number of amides is 1. The Morgan fingerprint density at radius 1 is 1.27 bits per heavy atom. The van der Waals surface area contributed by atoms with Gasteiger partial charge in [-0.2, -0.15) is 0 Å². The number of benzene rings is 1. The number of carboxylic acid groups (broad SMARTS) is 1. The lowest BCUT2D eigenvalue weighted by atomic mass is 9.92. The number of aliphatic hydroxyl groups excluding tert-OH is 1. The van der Waals surface area contributed by atoms with Crippen molar-refractivity contribution in [3.8, 4) is 0 Å². The van der Waals surface area contributed by atoms with Gasteiger partial charge in [0.05, 0.1) is 12.6 Å². The number of rotatable bonds is 5. The molecule has 0 bridgehead atoms. The van der Waals surface area contributed by atoms with Crippen LogP contribution in [0.1, 0.15) is 18.4 Å². The number of likely N-dealkylation sites (tertiary alicyclic amines) is 1. The quantitative estimate of drug-likeness (QED) is 0.770. The second-order valence-corrected chi connectivity index (χ2v) is 6.11. The Kier molecular flexibility index (Phi) is 5.67. The molecule has 3 atom stereocenters. The van der Waals surface area contributed by atoms with Gasteiger partial charge in [-0.25, -0.2) is 4.79 Å². The summed E-state index contributed by atoms with van der Waals surface area (Å²) in [7, 11) is 0. The largest absolute Gasteiger partial charge is 0.465 e. The van der Waals surface area contributed by atoms with Crippen LogP contribution in [0.5, 0.6) is 0 Å². The normalized spacial score (nSPS) is 27.5. The van der Waals surface area contributed by atoms with Crippen LogP contribution in [0.2, 0.25) is 0 Å². The van der Waals surface area contributed by atoms with E-state index in [0.717, 1.165) is 5.56 Å². The van der Waals surface area contributed by atoms with E-state index < -0.39 is 12.2 Å². The summed E-state index contributed by atoms with van der Waals surface area (Å²) in [6.07, 6.45) is 1.51. The van der Waals surface area contributed by atoms with Gasteiger partial charge in [0, 0.05) is 24.5 Å². The predicted molar refractivity (Wildman–Crippen MR) is 86.4 cm³/mol. The maximum absolute atomic E-state index is 11.4. The molecule has 1 saturated carbocycles. The third kappa shape index (κ3) is 3.91. The first-order chi connectivity index (χ1) is 10.1. The Hall–Kier alpha value is -1.30. The van der Waals surface area contributed by atoms with E-state index in [0.29, 0.717) is 19.0 Å². The second kappa shape index (κ2) is 7.31. The molecule has 22 heavy (non-hydrogen) atoms. The number of halogens is 1. The van der Waals surface area contributed by atoms with Crippen LogP contribution in [0, 0.1) is 5.92 Å². The molecule has 0 aromatic heterocycles. The molecule has 6 heteroatoms. The Balaban J connectivity index is 0.00000176. The van der Waals surface area contributed by atoms with Crippen LogP contribution in [0.3, 0.4) is 0 Å². The third-order valence-corrected chi connectivity index (χ3v) is 4.53. The van der Waals surface area contributed by atoms with Gasteiger partial charge in [-0.05, 0) is 24.8 Å². The first-order valence-corrected chi connectivity index (χ1v) is 7.60. The van der Waals surface area contributed by atoms with Crippen molar-refractivity contribution in [1.29, 1.82) is 0 Å². The number of carbonyl (C=O) groups is 1. The van der Waals surface area contributed by atoms with E-state index in [4.69, 9.17) is 0 Å². The van der Waals surface area contributed by atoms with Gasteiger partial charge in [0.2, 0.25) is 0 Å². The summed E-state index contributed by atoms with van der Waals surface area (Å²) in [5.41, 5.74) is 1.11. The van der Waals surface area contributed by atoms with Crippen molar-refractivity contribution in [2.75, 3.05) is 13.1 Å². The summed E-state index contributed by atoms with van der Waals surface area (Å²) in [6, 6.07) is 10.3. The first-order valence-electron chi connectivity index (χ1n) is 7.60. The topological polar surface area (TPSA) is 72.8 Å². The summed E-state index contributed by atoms with van der Waals surface area (Å²) in [6.45, 7) is 0.900. The number of hydrogen-bond donors (Lipinski definition) is 3. The number of aliphatic hydroxyl groups is 1. The minimum Gasteiger partial charge on any atom is -0.465 e. The summed E-state index contributed by atoms with van der Waals surface area (Å²) >= 11 is 0. The van der Waals surface area contributed by atoms with E-state index in [2.05, 4.69) is 5.32 Å². The highest BCUT2D eigenvalue weighted by molar-refractivity contribution is 5.85. The highest BCUT2D eigenvalue weighted by Gasteiger charge is 2.43. The molecule has 2 aliphatic rings. The molecule has 1 heterocycles. The molecule has 122 valence electrons. The van der Waals surface area contributed by atoms with Crippen molar-refractivity contribution in [1.82, 2.24) is 10.2 Å². The van der Waals surface area contributed by atoms with Crippen LogP contribution in [-0.2, 0) is 6.42 Å². The maximum Gasteiger partial charge on any atom is 0.407 e. The van der Waals surface area contributed by atoms with Crippen LogP contribution in [0.15, 0.2) is 30.3 Å². The van der Waals surface area contributed by atoms with Gasteiger partial charge in [0.25, 0.3) is 0 Å². The molecule has 0 radical (unpaired) electrons. The van der Waals surface area contributed by atoms with E-state index in [-0.39, 0.29) is 30.9 Å². The van der Waals surface area contributed by atoms with Gasteiger partial charge in [-0.15, -0.1) is 12.4 Å². The van der Waals surface area contributed by atoms with Gasteiger partial charge in [-0.3, -0.25) is 0 Å².